The summed E-state index contributed by atoms with van der Waals surface area (Å²) in [5.41, 5.74) is 3.81. The van der Waals surface area contributed by atoms with Crippen LogP contribution in [0.1, 0.15) is 66.5 Å². The standard InChI is InChI=1S/C25H42N3O5PS2Si/c1-16(2)17-9-11-25(6)20(13-17)33-34(35,36-25)32-18-14-22(28-12-10-21(26)27-23(28)29)31-19(18)15-30-37(7,8)24(3,4)5/h10,12,17-20,22H,1,9,11,13-15H2,2-8H3,(H2,26,27,29)/t17-,18-,19+,20+,22+,25+,34+/m0/s1. The summed E-state index contributed by atoms with van der Waals surface area (Å²) in [7, 11) is -2.04. The zero-order chi connectivity index (χ0) is 27.4. The molecule has 7 atom stereocenters. The highest BCUT2D eigenvalue weighted by Gasteiger charge is 2.55. The summed E-state index contributed by atoms with van der Waals surface area (Å²) >= 11 is 7.78. The number of hydrogen-bond acceptors (Lipinski definition) is 9. The van der Waals surface area contributed by atoms with E-state index >= 15 is 0 Å². The van der Waals surface area contributed by atoms with Crippen LogP contribution in [0.25, 0.3) is 0 Å². The van der Waals surface area contributed by atoms with Crippen molar-refractivity contribution in [1.82, 2.24) is 9.55 Å². The summed E-state index contributed by atoms with van der Waals surface area (Å²) < 4.78 is 27.6. The lowest BCUT2D eigenvalue weighted by Crippen LogP contribution is -2.44. The monoisotopic (exact) mass is 587 g/mol. The van der Waals surface area contributed by atoms with E-state index in [9.17, 15) is 4.79 Å². The number of hydrogen-bond donors (Lipinski definition) is 1. The molecule has 0 radical (unpaired) electrons. The van der Waals surface area contributed by atoms with Gasteiger partial charge in [0.25, 0.3) is 0 Å². The molecule has 4 rings (SSSR count). The highest BCUT2D eigenvalue weighted by molar-refractivity contribution is 8.68. The van der Waals surface area contributed by atoms with Crippen LogP contribution in [0.2, 0.25) is 18.1 Å². The molecule has 3 fully saturated rings. The molecule has 12 heteroatoms. The second-order valence-electron chi connectivity index (χ2n) is 12.4. The number of nitrogens with zero attached hydrogens (tertiary/aromatic N) is 2. The van der Waals surface area contributed by atoms with E-state index in [4.69, 9.17) is 35.8 Å². The second-order valence-corrected chi connectivity index (χ2v) is 23.8. The molecule has 3 aliphatic rings. The quantitative estimate of drug-likeness (QED) is 0.234. The fourth-order valence-electron chi connectivity index (χ4n) is 4.88. The molecule has 2 N–H and O–H groups in total. The highest BCUT2D eigenvalue weighted by atomic mass is 32.9. The van der Waals surface area contributed by atoms with E-state index < -0.39 is 25.9 Å². The van der Waals surface area contributed by atoms with E-state index in [0.29, 0.717) is 18.9 Å². The van der Waals surface area contributed by atoms with Crippen LogP contribution < -0.4 is 11.4 Å². The molecule has 1 saturated carbocycles. The zero-order valence-corrected chi connectivity index (χ0v) is 26.6. The molecule has 2 aliphatic heterocycles. The minimum absolute atomic E-state index is 0.0442. The van der Waals surface area contributed by atoms with Gasteiger partial charge >= 0.3 is 5.69 Å². The van der Waals surface area contributed by atoms with Crippen molar-refractivity contribution in [2.75, 3.05) is 12.3 Å². The van der Waals surface area contributed by atoms with Gasteiger partial charge in [0.1, 0.15) is 18.1 Å². The van der Waals surface area contributed by atoms with E-state index in [0.717, 1.165) is 19.3 Å². The molecule has 0 unspecified atom stereocenters. The number of rotatable bonds is 7. The molecular weight excluding hydrogens is 545 g/mol. The topological polar surface area (TPSA) is 97.8 Å². The molecule has 37 heavy (non-hydrogen) atoms. The van der Waals surface area contributed by atoms with Gasteiger partial charge in [0, 0.05) is 17.4 Å². The van der Waals surface area contributed by atoms with Gasteiger partial charge in [-0.2, -0.15) is 4.98 Å². The van der Waals surface area contributed by atoms with E-state index in [1.54, 1.807) is 23.6 Å². The number of fused-ring (bicyclic) bond motifs is 1. The maximum absolute atomic E-state index is 12.6. The number of allylic oxidation sites excluding steroid dienone is 1. The minimum Gasteiger partial charge on any atom is -0.414 e. The third-order valence-electron chi connectivity index (χ3n) is 8.46. The van der Waals surface area contributed by atoms with Crippen molar-refractivity contribution >= 4 is 43.0 Å². The Balaban J connectivity index is 1.54. The number of nitrogens with two attached hydrogens (primary N) is 1. The first-order valence-electron chi connectivity index (χ1n) is 13.0. The molecule has 0 aromatic carbocycles. The Bertz CT molecular complexity index is 1140. The minimum atomic E-state index is -2.65. The van der Waals surface area contributed by atoms with Crippen LogP contribution >= 0.6 is 17.1 Å². The third-order valence-corrected chi connectivity index (χ3v) is 18.7. The second kappa shape index (κ2) is 10.5. The van der Waals surface area contributed by atoms with Crippen LogP contribution in [0.15, 0.2) is 29.2 Å². The summed E-state index contributed by atoms with van der Waals surface area (Å²) in [6.07, 6.45) is 3.87. The molecule has 208 valence electrons. The summed E-state index contributed by atoms with van der Waals surface area (Å²) in [6.45, 7) is 19.9. The zero-order valence-electron chi connectivity index (χ0n) is 23.1. The average Bonchev–Trinajstić information content (AvgIpc) is 3.27. The van der Waals surface area contributed by atoms with Crippen molar-refractivity contribution in [3.05, 3.63) is 34.9 Å². The van der Waals surface area contributed by atoms with Crippen LogP contribution in [0.3, 0.4) is 0 Å². The molecule has 0 spiro atoms. The fourth-order valence-corrected chi connectivity index (χ4v) is 13.5. The smallest absolute Gasteiger partial charge is 0.351 e. The largest absolute Gasteiger partial charge is 0.414 e. The van der Waals surface area contributed by atoms with E-state index in [1.165, 1.54) is 10.1 Å². The van der Waals surface area contributed by atoms with Gasteiger partial charge in [-0.1, -0.05) is 44.3 Å². The number of aromatic nitrogens is 2. The average molecular weight is 588 g/mol. The van der Waals surface area contributed by atoms with Crippen molar-refractivity contribution < 1.29 is 18.2 Å². The summed E-state index contributed by atoms with van der Waals surface area (Å²) in [4.78, 5) is 16.4. The van der Waals surface area contributed by atoms with E-state index in [-0.39, 0.29) is 33.9 Å². The summed E-state index contributed by atoms with van der Waals surface area (Å²) in [5, 5.41) is 0.0555. The van der Waals surface area contributed by atoms with Crippen molar-refractivity contribution in [2.45, 2.75) is 108 Å². The molecule has 0 bridgehead atoms. The van der Waals surface area contributed by atoms with Gasteiger partial charge in [0.2, 0.25) is 5.69 Å². The lowest BCUT2D eigenvalue weighted by molar-refractivity contribution is -0.0399. The van der Waals surface area contributed by atoms with Crippen LogP contribution in [0.5, 0.6) is 0 Å². The lowest BCUT2D eigenvalue weighted by Gasteiger charge is -2.37. The first-order chi connectivity index (χ1) is 17.0. The van der Waals surface area contributed by atoms with Crippen molar-refractivity contribution in [3.8, 4) is 0 Å². The molecule has 1 aromatic heterocycles. The third kappa shape index (κ3) is 6.29. The van der Waals surface area contributed by atoms with Gasteiger partial charge < -0.3 is 23.9 Å². The summed E-state index contributed by atoms with van der Waals surface area (Å²) in [5.74, 6) is 0.634. The molecule has 1 aromatic rings. The van der Waals surface area contributed by atoms with Crippen LogP contribution in [-0.4, -0.2) is 47.5 Å². The Morgan fingerprint density at radius 1 is 1.43 bits per heavy atom. The van der Waals surface area contributed by atoms with Gasteiger partial charge in [-0.15, -0.1) is 0 Å². The number of nitrogen functional groups attached to an aromatic ring is 1. The SMILES string of the molecule is C=C(C)[C@H]1CC[C@@]2(C)S[P@](=S)(O[C@H]3C[C@H](n4ccc(N)nc4=O)O[C@@H]3CO[Si](C)(C)C(C)(C)C)O[C@@H]2C1. The van der Waals surface area contributed by atoms with E-state index in [2.05, 4.69) is 59.3 Å². The summed E-state index contributed by atoms with van der Waals surface area (Å²) in [6, 6.07) is 1.60. The Kier molecular flexibility index (Phi) is 8.33. The predicted octanol–water partition coefficient (Wildman–Crippen LogP) is 6.01. The predicted molar refractivity (Wildman–Crippen MR) is 157 cm³/mol. The molecule has 2 saturated heterocycles. The van der Waals surface area contributed by atoms with Gasteiger partial charge in [0.05, 0.1) is 18.8 Å². The Morgan fingerprint density at radius 2 is 2.14 bits per heavy atom. The molecular formula is C25H42N3O5PS2Si. The Hall–Kier alpha value is -0.523. The first kappa shape index (κ1) is 29.5. The molecule has 8 nitrogen and oxygen atoms in total. The fraction of sp³-hybridized carbons (Fsp3) is 0.760. The van der Waals surface area contributed by atoms with E-state index in [1.807, 2.05) is 0 Å². The van der Waals surface area contributed by atoms with Gasteiger partial charge in [0.15, 0.2) is 8.32 Å². The van der Waals surface area contributed by atoms with Crippen LogP contribution in [0, 0.1) is 5.92 Å². The maximum atomic E-state index is 12.6. The van der Waals surface area contributed by atoms with Gasteiger partial charge in [-0.3, -0.25) is 4.57 Å². The Morgan fingerprint density at radius 3 is 2.76 bits per heavy atom. The van der Waals surface area contributed by atoms with Crippen molar-refractivity contribution in [3.63, 3.8) is 0 Å². The highest BCUT2D eigenvalue weighted by Crippen LogP contribution is 2.76. The van der Waals surface area contributed by atoms with Crippen LogP contribution in [-0.2, 0) is 30.0 Å². The molecule has 1 aliphatic carbocycles. The van der Waals surface area contributed by atoms with Crippen LogP contribution in [0.4, 0.5) is 5.82 Å². The lowest BCUT2D eigenvalue weighted by atomic mass is 9.77. The number of ether oxygens (including phenoxy) is 1. The van der Waals surface area contributed by atoms with Crippen molar-refractivity contribution in [1.29, 1.82) is 0 Å². The van der Waals surface area contributed by atoms with Gasteiger partial charge in [-0.25, -0.2) is 4.79 Å². The first-order valence-corrected chi connectivity index (χ1v) is 20.0. The van der Waals surface area contributed by atoms with Crippen molar-refractivity contribution in [2.24, 2.45) is 5.92 Å². The van der Waals surface area contributed by atoms with Gasteiger partial charge in [-0.05, 0) is 75.0 Å². The molecule has 3 heterocycles. The normalized spacial score (nSPS) is 36.5. The Labute approximate surface area is 231 Å². The molecule has 0 amide bonds. The maximum Gasteiger partial charge on any atom is 0.351 e. The number of anilines is 1.